The summed E-state index contributed by atoms with van der Waals surface area (Å²) in [5, 5.41) is 4.94. The Morgan fingerprint density at radius 2 is 2.05 bits per heavy atom. The van der Waals surface area contributed by atoms with E-state index in [1.165, 1.54) is 4.90 Å². The first-order chi connectivity index (χ1) is 9.01. The normalized spacial score (nSPS) is 15.2. The third-order valence-corrected chi connectivity index (χ3v) is 2.99. The van der Waals surface area contributed by atoms with Crippen LogP contribution in [0.3, 0.4) is 0 Å². The fourth-order valence-corrected chi connectivity index (χ4v) is 2.08. The molecule has 0 atom stereocenters. The van der Waals surface area contributed by atoms with Gasteiger partial charge in [-0.15, -0.1) is 0 Å². The highest BCUT2D eigenvalue weighted by atomic mass is 79.9. The Labute approximate surface area is 117 Å². The second-order valence-corrected chi connectivity index (χ2v) is 4.85. The fraction of sp³-hybridized carbons (Fsp3) is 0.273. The molecule has 0 unspecified atom stereocenters. The Hall–Kier alpha value is -1.96. The van der Waals surface area contributed by atoms with Crippen LogP contribution < -0.4 is 10.6 Å². The number of halogens is 1. The third-order valence-electron chi connectivity index (χ3n) is 2.56. The van der Waals surface area contributed by atoms with Gasteiger partial charge in [-0.3, -0.25) is 19.7 Å². The molecule has 2 rings (SSSR count). The highest BCUT2D eigenvalue weighted by Gasteiger charge is 2.28. The van der Waals surface area contributed by atoms with Gasteiger partial charge in [0.1, 0.15) is 18.9 Å². The second-order valence-electron chi connectivity index (χ2n) is 3.93. The van der Waals surface area contributed by atoms with Crippen molar-refractivity contribution in [2.24, 2.45) is 0 Å². The first kappa shape index (κ1) is 13.5. The number of hydrogen-bond acceptors (Lipinski definition) is 5. The first-order valence-electron chi connectivity index (χ1n) is 5.46. The summed E-state index contributed by atoms with van der Waals surface area (Å²) in [7, 11) is 1.64. The van der Waals surface area contributed by atoms with E-state index >= 15 is 0 Å². The Bertz CT molecular complexity index is 545. The Kier molecular flexibility index (Phi) is 3.79. The van der Waals surface area contributed by atoms with Gasteiger partial charge in [0.25, 0.3) is 5.91 Å². The minimum absolute atomic E-state index is 0.139. The number of pyridine rings is 1. The fourth-order valence-electron chi connectivity index (χ4n) is 1.75. The van der Waals surface area contributed by atoms with E-state index in [1.807, 2.05) is 0 Å². The summed E-state index contributed by atoms with van der Waals surface area (Å²) in [4.78, 5) is 40.1. The summed E-state index contributed by atoms with van der Waals surface area (Å²) in [5.74, 6) is -0.995. The molecular weight excluding hydrogens is 316 g/mol. The maximum Gasteiger partial charge on any atom is 0.258 e. The molecular formula is C11H11BrN4O3. The Morgan fingerprint density at radius 1 is 1.42 bits per heavy atom. The van der Waals surface area contributed by atoms with E-state index in [4.69, 9.17) is 0 Å². The molecule has 0 spiro atoms. The quantitative estimate of drug-likeness (QED) is 0.745. The van der Waals surface area contributed by atoms with Crippen molar-refractivity contribution < 1.29 is 14.4 Å². The van der Waals surface area contributed by atoms with Gasteiger partial charge in [0.15, 0.2) is 0 Å². The number of nitrogens with one attached hydrogen (secondary N) is 2. The lowest BCUT2D eigenvalue weighted by Crippen LogP contribution is -2.53. The molecule has 100 valence electrons. The molecule has 1 aromatic rings. The number of carbonyl (C=O) groups is 3. The van der Waals surface area contributed by atoms with Crippen molar-refractivity contribution in [1.29, 1.82) is 0 Å². The Balaban J connectivity index is 2.31. The van der Waals surface area contributed by atoms with Crippen LogP contribution in [0.2, 0.25) is 0 Å². The van der Waals surface area contributed by atoms with Crippen LogP contribution >= 0.6 is 15.9 Å². The van der Waals surface area contributed by atoms with E-state index in [2.05, 4.69) is 31.5 Å². The number of imide groups is 1. The van der Waals surface area contributed by atoms with E-state index in [-0.39, 0.29) is 13.1 Å². The molecule has 0 bridgehead atoms. The van der Waals surface area contributed by atoms with Crippen molar-refractivity contribution >= 4 is 39.5 Å². The standard InChI is InChI=1S/C11H11BrN4O3/c1-13-10-7(2-6(12)3-14-10)11(19)16-4-8(17)15-9(18)5-16/h2-3H,4-5H2,1H3,(H,13,14)(H,15,17,18). The van der Waals surface area contributed by atoms with Crippen LogP contribution in [0.1, 0.15) is 10.4 Å². The number of nitrogens with zero attached hydrogens (tertiary/aromatic N) is 2. The molecule has 1 aliphatic rings. The summed E-state index contributed by atoms with van der Waals surface area (Å²) in [5.41, 5.74) is 0.305. The van der Waals surface area contributed by atoms with Gasteiger partial charge in [-0.1, -0.05) is 0 Å². The zero-order valence-electron chi connectivity index (χ0n) is 10.1. The SMILES string of the molecule is CNc1ncc(Br)cc1C(=O)N1CC(=O)NC(=O)C1. The van der Waals surface area contributed by atoms with Gasteiger partial charge < -0.3 is 10.2 Å². The molecule has 7 nitrogen and oxygen atoms in total. The monoisotopic (exact) mass is 326 g/mol. The van der Waals surface area contributed by atoms with Gasteiger partial charge in [0.2, 0.25) is 11.8 Å². The van der Waals surface area contributed by atoms with Crippen molar-refractivity contribution in [2.45, 2.75) is 0 Å². The van der Waals surface area contributed by atoms with Gasteiger partial charge in [-0.25, -0.2) is 4.98 Å². The number of carbonyl (C=O) groups excluding carboxylic acids is 3. The number of rotatable bonds is 2. The predicted molar refractivity (Wildman–Crippen MR) is 70.5 cm³/mol. The molecule has 1 aliphatic heterocycles. The van der Waals surface area contributed by atoms with Crippen LogP contribution in [-0.4, -0.2) is 47.7 Å². The van der Waals surface area contributed by atoms with E-state index in [0.717, 1.165) is 0 Å². The largest absolute Gasteiger partial charge is 0.372 e. The molecule has 3 amide bonds. The topological polar surface area (TPSA) is 91.4 Å². The van der Waals surface area contributed by atoms with Gasteiger partial charge in [0, 0.05) is 17.7 Å². The van der Waals surface area contributed by atoms with Crippen LogP contribution in [0.25, 0.3) is 0 Å². The van der Waals surface area contributed by atoms with Crippen LogP contribution in [0.4, 0.5) is 5.82 Å². The van der Waals surface area contributed by atoms with Gasteiger partial charge >= 0.3 is 0 Å². The highest BCUT2D eigenvalue weighted by molar-refractivity contribution is 9.10. The van der Waals surface area contributed by atoms with Crippen LogP contribution in [-0.2, 0) is 9.59 Å². The minimum atomic E-state index is -0.487. The lowest BCUT2D eigenvalue weighted by Gasteiger charge is -2.26. The number of amides is 3. The summed E-state index contributed by atoms with van der Waals surface area (Å²) < 4.78 is 0.641. The molecule has 2 N–H and O–H groups in total. The average Bonchev–Trinajstić information content (AvgIpc) is 2.36. The number of hydrogen-bond donors (Lipinski definition) is 2. The zero-order valence-corrected chi connectivity index (χ0v) is 11.7. The third kappa shape index (κ3) is 2.90. The van der Waals surface area contributed by atoms with Crippen molar-refractivity contribution in [3.63, 3.8) is 0 Å². The van der Waals surface area contributed by atoms with E-state index in [9.17, 15) is 14.4 Å². The molecule has 1 saturated heterocycles. The molecule has 0 aliphatic carbocycles. The van der Waals surface area contributed by atoms with E-state index in [1.54, 1.807) is 19.3 Å². The summed E-state index contributed by atoms with van der Waals surface area (Å²) in [6.07, 6.45) is 1.55. The van der Waals surface area contributed by atoms with E-state index < -0.39 is 17.7 Å². The summed E-state index contributed by atoms with van der Waals surface area (Å²) in [6, 6.07) is 1.60. The van der Waals surface area contributed by atoms with Gasteiger partial charge in [0.05, 0.1) is 5.56 Å². The first-order valence-corrected chi connectivity index (χ1v) is 6.26. The molecule has 1 fully saturated rings. The van der Waals surface area contributed by atoms with Crippen molar-refractivity contribution in [2.75, 3.05) is 25.5 Å². The van der Waals surface area contributed by atoms with Gasteiger partial charge in [-0.2, -0.15) is 0 Å². The average molecular weight is 327 g/mol. The van der Waals surface area contributed by atoms with Crippen LogP contribution in [0.5, 0.6) is 0 Å². The number of anilines is 1. The molecule has 19 heavy (non-hydrogen) atoms. The van der Waals surface area contributed by atoms with Crippen LogP contribution in [0.15, 0.2) is 16.7 Å². The molecule has 2 heterocycles. The minimum Gasteiger partial charge on any atom is -0.372 e. The predicted octanol–water partition coefficient (Wildman–Crippen LogP) is -0.0156. The maximum atomic E-state index is 12.3. The summed E-state index contributed by atoms with van der Waals surface area (Å²) in [6.45, 7) is -0.277. The van der Waals surface area contributed by atoms with Gasteiger partial charge in [-0.05, 0) is 22.0 Å². The van der Waals surface area contributed by atoms with E-state index in [0.29, 0.717) is 15.9 Å². The lowest BCUT2D eigenvalue weighted by molar-refractivity contribution is -0.135. The van der Waals surface area contributed by atoms with Crippen molar-refractivity contribution in [1.82, 2.24) is 15.2 Å². The zero-order chi connectivity index (χ0) is 14.0. The highest BCUT2D eigenvalue weighted by Crippen LogP contribution is 2.19. The molecule has 8 heteroatoms. The Morgan fingerprint density at radius 3 is 2.63 bits per heavy atom. The number of aromatic nitrogens is 1. The van der Waals surface area contributed by atoms with Crippen molar-refractivity contribution in [3.05, 3.63) is 22.3 Å². The smallest absolute Gasteiger partial charge is 0.258 e. The maximum absolute atomic E-state index is 12.3. The molecule has 0 radical (unpaired) electrons. The molecule has 0 saturated carbocycles. The molecule has 0 aromatic carbocycles. The molecule has 1 aromatic heterocycles. The summed E-state index contributed by atoms with van der Waals surface area (Å²) >= 11 is 3.23. The lowest BCUT2D eigenvalue weighted by atomic mass is 10.2. The van der Waals surface area contributed by atoms with Crippen LogP contribution in [0, 0.1) is 0 Å². The van der Waals surface area contributed by atoms with Crippen molar-refractivity contribution in [3.8, 4) is 0 Å². The second kappa shape index (κ2) is 5.35. The number of piperazine rings is 1.